The van der Waals surface area contributed by atoms with E-state index in [0.717, 1.165) is 9.84 Å². The van der Waals surface area contributed by atoms with Crippen LogP contribution in [0.3, 0.4) is 0 Å². The quantitative estimate of drug-likeness (QED) is 0.785. The van der Waals surface area contributed by atoms with Crippen LogP contribution in [0.15, 0.2) is 24.3 Å². The van der Waals surface area contributed by atoms with E-state index in [1.807, 2.05) is 19.2 Å². The number of aliphatic hydroxyl groups is 1. The van der Waals surface area contributed by atoms with E-state index < -0.39 is 0 Å². The van der Waals surface area contributed by atoms with Crippen molar-refractivity contribution in [3.05, 3.63) is 28.6 Å². The number of imidazole rings is 1. The molecule has 1 heterocycles. The van der Waals surface area contributed by atoms with Crippen molar-refractivity contribution in [2.45, 2.75) is 6.54 Å². The fourth-order valence-corrected chi connectivity index (χ4v) is 2.28. The molecule has 14 heavy (non-hydrogen) atoms. The second-order valence-electron chi connectivity index (χ2n) is 3.21. The minimum atomic E-state index is 0.160. The van der Waals surface area contributed by atoms with E-state index >= 15 is 0 Å². The molecule has 4 heteroatoms. The van der Waals surface area contributed by atoms with E-state index in [0.29, 0.717) is 6.54 Å². The molecule has 0 aliphatic rings. The van der Waals surface area contributed by atoms with Crippen molar-refractivity contribution in [3.8, 4) is 0 Å². The van der Waals surface area contributed by atoms with Gasteiger partial charge in [-0.25, -0.2) is 0 Å². The molecule has 0 saturated heterocycles. The second kappa shape index (κ2) is 3.73. The normalized spacial score (nSPS) is 11.0. The number of rotatable bonds is 2. The first-order chi connectivity index (χ1) is 6.75. The standard InChI is InChI=1S/C10H12N2OSe/c1-11-8-4-2-3-5-9(8)12(6-7-13)10(11)14/h2-5,13H,6-7H2,1H3. The Morgan fingerprint density at radius 2 is 1.93 bits per heavy atom. The average Bonchev–Trinajstić information content (AvgIpc) is 2.45. The Morgan fingerprint density at radius 1 is 1.29 bits per heavy atom. The maximum absolute atomic E-state index is 8.97. The van der Waals surface area contributed by atoms with E-state index in [-0.39, 0.29) is 6.61 Å². The minimum absolute atomic E-state index is 0.160. The number of benzene rings is 1. The van der Waals surface area contributed by atoms with Gasteiger partial charge in [-0.2, -0.15) is 0 Å². The molecule has 0 aliphatic carbocycles. The Morgan fingerprint density at radius 3 is 2.57 bits per heavy atom. The molecule has 0 bridgehead atoms. The predicted octanol–water partition coefficient (Wildman–Crippen LogP) is 0.673. The molecule has 0 fully saturated rings. The van der Waals surface area contributed by atoms with Crippen LogP contribution in [0.1, 0.15) is 0 Å². The third-order valence-electron chi connectivity index (χ3n) is 2.38. The summed E-state index contributed by atoms with van der Waals surface area (Å²) in [4.78, 5) is 0. The molecule has 2 aromatic rings. The zero-order chi connectivity index (χ0) is 10.1. The predicted molar refractivity (Wildman–Crippen MR) is 57.0 cm³/mol. The van der Waals surface area contributed by atoms with Crippen LogP contribution in [0.5, 0.6) is 0 Å². The molecule has 3 nitrogen and oxygen atoms in total. The number of aliphatic hydroxyl groups excluding tert-OH is 1. The monoisotopic (exact) mass is 256 g/mol. The van der Waals surface area contributed by atoms with E-state index in [2.05, 4.69) is 36.8 Å². The summed E-state index contributed by atoms with van der Waals surface area (Å²) in [6, 6.07) is 8.16. The molecule has 2 rings (SSSR count). The number of fused-ring (bicyclic) bond motifs is 1. The van der Waals surface area contributed by atoms with E-state index in [9.17, 15) is 0 Å². The number of hydrogen-bond donors (Lipinski definition) is 1. The van der Waals surface area contributed by atoms with Crippen LogP contribution in [0.4, 0.5) is 0 Å². The van der Waals surface area contributed by atoms with Crippen LogP contribution in [-0.4, -0.2) is 36.4 Å². The molecule has 1 N–H and O–H groups in total. The average molecular weight is 255 g/mol. The van der Waals surface area contributed by atoms with Crippen LogP contribution >= 0.6 is 0 Å². The van der Waals surface area contributed by atoms with Gasteiger partial charge in [-0.1, -0.05) is 0 Å². The Kier molecular flexibility index (Phi) is 2.59. The van der Waals surface area contributed by atoms with Gasteiger partial charge < -0.3 is 0 Å². The summed E-state index contributed by atoms with van der Waals surface area (Å²) in [6.45, 7) is 0.789. The molecule has 1 aromatic carbocycles. The second-order valence-corrected chi connectivity index (χ2v) is 3.97. The van der Waals surface area contributed by atoms with Crippen molar-refractivity contribution in [3.63, 3.8) is 0 Å². The molecular weight excluding hydrogens is 243 g/mol. The van der Waals surface area contributed by atoms with Gasteiger partial charge in [0.05, 0.1) is 0 Å². The van der Waals surface area contributed by atoms with Crippen molar-refractivity contribution < 1.29 is 5.11 Å². The van der Waals surface area contributed by atoms with Gasteiger partial charge in [0.1, 0.15) is 0 Å². The molecular formula is C10H12N2OSe. The molecule has 0 amide bonds. The van der Waals surface area contributed by atoms with Crippen molar-refractivity contribution in [1.29, 1.82) is 0 Å². The fourth-order valence-electron chi connectivity index (χ4n) is 1.68. The molecule has 0 aliphatic heterocycles. The number of para-hydroxylation sites is 2. The van der Waals surface area contributed by atoms with Gasteiger partial charge in [0, 0.05) is 0 Å². The summed E-state index contributed by atoms with van der Waals surface area (Å²) in [7, 11) is 2.02. The Balaban J connectivity index is 2.81. The molecule has 0 radical (unpaired) electrons. The summed E-state index contributed by atoms with van der Waals surface area (Å²) in [5.41, 5.74) is 2.33. The number of nitrogens with zero attached hydrogens (tertiary/aromatic N) is 2. The molecule has 0 atom stereocenters. The molecule has 1 aromatic heterocycles. The number of hydrogen-bond acceptors (Lipinski definition) is 1. The molecule has 0 unspecified atom stereocenters. The first kappa shape index (κ1) is 9.71. The fraction of sp³-hybridized carbons (Fsp3) is 0.300. The Hall–Kier alpha value is -0.831. The van der Waals surface area contributed by atoms with Gasteiger partial charge in [-0.15, -0.1) is 0 Å². The van der Waals surface area contributed by atoms with Crippen LogP contribution in [-0.2, 0) is 13.6 Å². The van der Waals surface area contributed by atoms with Crippen molar-refractivity contribution >= 4 is 26.6 Å². The molecule has 0 spiro atoms. The molecule has 74 valence electrons. The van der Waals surface area contributed by atoms with Gasteiger partial charge in [-0.05, 0) is 0 Å². The summed E-state index contributed by atoms with van der Waals surface area (Å²) < 4.78 is 5.21. The third-order valence-corrected chi connectivity index (χ3v) is 3.41. The zero-order valence-electron chi connectivity index (χ0n) is 7.97. The Labute approximate surface area is 90.0 Å². The number of aryl methyl sites for hydroxylation is 1. The summed E-state index contributed by atoms with van der Waals surface area (Å²) in [5.74, 6) is 0. The maximum atomic E-state index is 8.97. The van der Waals surface area contributed by atoms with Gasteiger partial charge in [-0.3, -0.25) is 0 Å². The van der Waals surface area contributed by atoms with Crippen LogP contribution < -0.4 is 0 Å². The van der Waals surface area contributed by atoms with Gasteiger partial charge in [0.2, 0.25) is 0 Å². The summed E-state index contributed by atoms with van der Waals surface area (Å²) in [6.07, 6.45) is 0. The van der Waals surface area contributed by atoms with Crippen molar-refractivity contribution in [1.82, 2.24) is 9.13 Å². The molecule has 0 saturated carbocycles. The van der Waals surface area contributed by atoms with Crippen molar-refractivity contribution in [2.24, 2.45) is 7.05 Å². The van der Waals surface area contributed by atoms with Crippen molar-refractivity contribution in [2.75, 3.05) is 6.61 Å². The van der Waals surface area contributed by atoms with Gasteiger partial charge in [0.25, 0.3) is 0 Å². The van der Waals surface area contributed by atoms with Gasteiger partial charge in [0.15, 0.2) is 0 Å². The SMILES string of the molecule is Cn1c(=[Se])n(CCO)c2ccccc21. The van der Waals surface area contributed by atoms with Crippen LogP contribution in [0.25, 0.3) is 11.0 Å². The number of aromatic nitrogens is 2. The van der Waals surface area contributed by atoms with E-state index in [1.165, 1.54) is 5.52 Å². The first-order valence-corrected chi connectivity index (χ1v) is 5.36. The van der Waals surface area contributed by atoms with Crippen LogP contribution in [0.2, 0.25) is 0 Å². The van der Waals surface area contributed by atoms with E-state index in [1.54, 1.807) is 0 Å². The summed E-state index contributed by atoms with van der Waals surface area (Å²) >= 11 is 3.03. The Bertz CT molecular complexity index is 512. The topological polar surface area (TPSA) is 30.1 Å². The van der Waals surface area contributed by atoms with E-state index in [4.69, 9.17) is 5.11 Å². The first-order valence-electron chi connectivity index (χ1n) is 4.51. The van der Waals surface area contributed by atoms with Gasteiger partial charge >= 0.3 is 89.6 Å². The third kappa shape index (κ3) is 1.36. The summed E-state index contributed by atoms with van der Waals surface area (Å²) in [5, 5.41) is 8.97. The zero-order valence-corrected chi connectivity index (χ0v) is 9.69. The van der Waals surface area contributed by atoms with Crippen LogP contribution in [0, 0.1) is 4.32 Å².